The summed E-state index contributed by atoms with van der Waals surface area (Å²) in [4.78, 5) is 38.1. The minimum absolute atomic E-state index is 0.0766. The maximum absolute atomic E-state index is 12.8. The summed E-state index contributed by atoms with van der Waals surface area (Å²) in [6.45, 7) is 6.57. The molecular weight excluding hydrogens is 817 g/mol. The molecule has 1 unspecified atom stereocenters. The highest BCUT2D eigenvalue weighted by Crippen LogP contribution is 2.16. The van der Waals surface area contributed by atoms with Gasteiger partial charge in [0, 0.05) is 19.3 Å². The lowest BCUT2D eigenvalue weighted by Gasteiger charge is -2.18. The molecule has 0 bridgehead atoms. The van der Waals surface area contributed by atoms with Crippen molar-refractivity contribution in [3.8, 4) is 0 Å². The van der Waals surface area contributed by atoms with Crippen molar-refractivity contribution in [2.24, 2.45) is 0 Å². The van der Waals surface area contributed by atoms with E-state index < -0.39 is 6.10 Å². The van der Waals surface area contributed by atoms with Crippen LogP contribution >= 0.6 is 0 Å². The molecule has 384 valence electrons. The molecule has 0 aliphatic rings. The Hall–Kier alpha value is -2.63. The van der Waals surface area contributed by atoms with Gasteiger partial charge in [-0.05, 0) is 77.0 Å². The zero-order valence-corrected chi connectivity index (χ0v) is 44.0. The molecule has 0 fully saturated rings. The van der Waals surface area contributed by atoms with Crippen molar-refractivity contribution in [1.29, 1.82) is 0 Å². The van der Waals surface area contributed by atoms with Gasteiger partial charge in [-0.3, -0.25) is 14.4 Å². The van der Waals surface area contributed by atoms with Crippen LogP contribution < -0.4 is 0 Å². The summed E-state index contributed by atoms with van der Waals surface area (Å²) in [6.07, 6.45) is 66.8. The quantitative estimate of drug-likeness (QED) is 0.0262. The molecule has 66 heavy (non-hydrogen) atoms. The molecule has 0 rings (SSSR count). The Bertz CT molecular complexity index is 1150. The van der Waals surface area contributed by atoms with Crippen LogP contribution in [0.3, 0.4) is 0 Å². The van der Waals surface area contributed by atoms with Crippen LogP contribution in [0.15, 0.2) is 48.6 Å². The molecule has 0 saturated carbocycles. The van der Waals surface area contributed by atoms with E-state index in [4.69, 9.17) is 14.2 Å². The van der Waals surface area contributed by atoms with Crippen molar-refractivity contribution < 1.29 is 28.6 Å². The van der Waals surface area contributed by atoms with Crippen molar-refractivity contribution in [2.75, 3.05) is 13.2 Å². The molecule has 0 heterocycles. The highest BCUT2D eigenvalue weighted by molar-refractivity contribution is 5.71. The van der Waals surface area contributed by atoms with Crippen LogP contribution in [0.1, 0.15) is 297 Å². The van der Waals surface area contributed by atoms with E-state index in [-0.39, 0.29) is 31.1 Å². The highest BCUT2D eigenvalue weighted by atomic mass is 16.6. The lowest BCUT2D eigenvalue weighted by atomic mass is 10.0. The first-order valence-electron chi connectivity index (χ1n) is 28.6. The Morgan fingerprint density at radius 1 is 0.303 bits per heavy atom. The maximum atomic E-state index is 12.8. The number of hydrogen-bond donors (Lipinski definition) is 0. The van der Waals surface area contributed by atoms with Crippen LogP contribution in [0.25, 0.3) is 0 Å². The molecule has 0 aromatic carbocycles. The normalized spacial score (nSPS) is 12.3. The summed E-state index contributed by atoms with van der Waals surface area (Å²) < 4.78 is 16.8. The van der Waals surface area contributed by atoms with Gasteiger partial charge in [0.05, 0.1) is 0 Å². The van der Waals surface area contributed by atoms with Gasteiger partial charge >= 0.3 is 17.9 Å². The molecular formula is C60H108O6. The molecule has 0 radical (unpaired) electrons. The van der Waals surface area contributed by atoms with Gasteiger partial charge in [-0.1, -0.05) is 249 Å². The van der Waals surface area contributed by atoms with Crippen LogP contribution in [-0.4, -0.2) is 37.2 Å². The largest absolute Gasteiger partial charge is 0.462 e. The summed E-state index contributed by atoms with van der Waals surface area (Å²) in [5.41, 5.74) is 0. The number of hydrogen-bond acceptors (Lipinski definition) is 6. The fourth-order valence-electron chi connectivity index (χ4n) is 8.22. The molecule has 0 aliphatic heterocycles. The van der Waals surface area contributed by atoms with E-state index in [0.29, 0.717) is 19.3 Å². The van der Waals surface area contributed by atoms with E-state index >= 15 is 0 Å². The Morgan fingerprint density at radius 3 is 0.894 bits per heavy atom. The molecule has 0 spiro atoms. The van der Waals surface area contributed by atoms with Gasteiger partial charge in [0.1, 0.15) is 13.2 Å². The van der Waals surface area contributed by atoms with Crippen LogP contribution in [0.2, 0.25) is 0 Å². The van der Waals surface area contributed by atoms with Crippen LogP contribution in [0.4, 0.5) is 0 Å². The summed E-state index contributed by atoms with van der Waals surface area (Å²) in [5, 5.41) is 0. The van der Waals surface area contributed by atoms with E-state index in [2.05, 4.69) is 69.4 Å². The zero-order chi connectivity index (χ0) is 47.9. The summed E-state index contributed by atoms with van der Waals surface area (Å²) in [5.74, 6) is -0.881. The van der Waals surface area contributed by atoms with Crippen molar-refractivity contribution in [1.82, 2.24) is 0 Å². The lowest BCUT2D eigenvalue weighted by Crippen LogP contribution is -2.30. The second-order valence-corrected chi connectivity index (χ2v) is 19.2. The number of ether oxygens (including phenoxy) is 3. The average molecular weight is 926 g/mol. The van der Waals surface area contributed by atoms with Gasteiger partial charge in [0.15, 0.2) is 6.10 Å². The van der Waals surface area contributed by atoms with Crippen LogP contribution in [0.5, 0.6) is 0 Å². The Labute approximate surface area is 409 Å². The second kappa shape index (κ2) is 55.0. The van der Waals surface area contributed by atoms with E-state index in [1.165, 1.54) is 161 Å². The Balaban J connectivity index is 4.26. The van der Waals surface area contributed by atoms with Gasteiger partial charge in [-0.25, -0.2) is 0 Å². The van der Waals surface area contributed by atoms with Crippen LogP contribution in [0, 0.1) is 0 Å². The number of allylic oxidation sites excluding steroid dienone is 8. The molecule has 6 heteroatoms. The molecule has 0 aliphatic carbocycles. The third-order valence-corrected chi connectivity index (χ3v) is 12.5. The number of carbonyl (C=O) groups is 3. The van der Waals surface area contributed by atoms with E-state index in [9.17, 15) is 14.4 Å². The molecule has 0 aromatic rings. The summed E-state index contributed by atoms with van der Waals surface area (Å²) >= 11 is 0. The zero-order valence-electron chi connectivity index (χ0n) is 44.0. The number of unbranched alkanes of at least 4 members (excludes halogenated alkanes) is 33. The van der Waals surface area contributed by atoms with Crippen molar-refractivity contribution in [3.05, 3.63) is 48.6 Å². The third-order valence-electron chi connectivity index (χ3n) is 12.5. The third kappa shape index (κ3) is 52.3. The molecule has 0 amide bonds. The number of carbonyl (C=O) groups excluding carboxylic acids is 3. The van der Waals surface area contributed by atoms with E-state index in [1.807, 2.05) is 0 Å². The highest BCUT2D eigenvalue weighted by Gasteiger charge is 2.19. The fourth-order valence-corrected chi connectivity index (χ4v) is 8.22. The van der Waals surface area contributed by atoms with Gasteiger partial charge in [-0.2, -0.15) is 0 Å². The SMILES string of the molecule is CCC/C=C\C/C=C\CCCCCCCC(=O)OC(COC(=O)CCCCCCCCCCCCCC)COC(=O)CCCCCCCCCCCCC/C=C\C/C=C\CCCCCCC. The number of rotatable bonds is 52. The monoisotopic (exact) mass is 925 g/mol. The van der Waals surface area contributed by atoms with Gasteiger partial charge < -0.3 is 14.2 Å². The first-order chi connectivity index (χ1) is 32.5. The smallest absolute Gasteiger partial charge is 0.306 e. The Morgan fingerprint density at radius 2 is 0.576 bits per heavy atom. The fraction of sp³-hybridized carbons (Fsp3) is 0.817. The summed E-state index contributed by atoms with van der Waals surface area (Å²) in [6, 6.07) is 0. The van der Waals surface area contributed by atoms with Gasteiger partial charge in [0.2, 0.25) is 0 Å². The molecule has 0 saturated heterocycles. The van der Waals surface area contributed by atoms with Gasteiger partial charge in [0.25, 0.3) is 0 Å². The predicted molar refractivity (Wildman–Crippen MR) is 284 cm³/mol. The average Bonchev–Trinajstić information content (AvgIpc) is 3.31. The first-order valence-corrected chi connectivity index (χ1v) is 28.6. The maximum Gasteiger partial charge on any atom is 0.306 e. The van der Waals surface area contributed by atoms with E-state index in [0.717, 1.165) is 96.3 Å². The molecule has 0 aromatic heterocycles. The second-order valence-electron chi connectivity index (χ2n) is 19.2. The number of esters is 3. The standard InChI is InChI=1S/C60H108O6/c1-4-7-10-13-16-19-22-25-26-27-28-29-30-31-32-33-34-36-38-41-44-47-50-53-59(62)65-56-57(55-64-58(61)52-49-46-43-40-37-24-21-18-15-12-9-6-3)66-60(63)54-51-48-45-42-39-35-23-20-17-14-11-8-5-2/h11,14,20,22-23,25,27-28,57H,4-10,12-13,15-19,21,24,26,29-56H2,1-3H3/b14-11-,23-20-,25-22-,28-27-. The Kier molecular flexibility index (Phi) is 52.8. The minimum atomic E-state index is -0.778. The predicted octanol–water partition coefficient (Wildman–Crippen LogP) is 19.0. The topological polar surface area (TPSA) is 78.9 Å². The van der Waals surface area contributed by atoms with Gasteiger partial charge in [-0.15, -0.1) is 0 Å². The lowest BCUT2D eigenvalue weighted by molar-refractivity contribution is -0.167. The minimum Gasteiger partial charge on any atom is -0.462 e. The van der Waals surface area contributed by atoms with Crippen molar-refractivity contribution in [3.63, 3.8) is 0 Å². The summed E-state index contributed by atoms with van der Waals surface area (Å²) in [7, 11) is 0. The van der Waals surface area contributed by atoms with Crippen LogP contribution in [-0.2, 0) is 28.6 Å². The van der Waals surface area contributed by atoms with E-state index in [1.54, 1.807) is 0 Å². The first kappa shape index (κ1) is 63.4. The van der Waals surface area contributed by atoms with Crippen molar-refractivity contribution >= 4 is 17.9 Å². The van der Waals surface area contributed by atoms with Crippen molar-refractivity contribution in [2.45, 2.75) is 303 Å². The molecule has 0 N–H and O–H groups in total. The molecule has 6 nitrogen and oxygen atoms in total. The molecule has 1 atom stereocenters.